The minimum atomic E-state index is -2.11. The number of pyridine rings is 1. The lowest BCUT2D eigenvalue weighted by atomic mass is 10.0. The molecule has 1 aromatic heterocycles. The second-order valence-corrected chi connectivity index (χ2v) is 11.2. The number of aryl methyl sites for hydroxylation is 2. The van der Waals surface area contributed by atoms with Crippen LogP contribution in [0.3, 0.4) is 0 Å². The minimum Gasteiger partial charge on any atom is -0.199 e. The van der Waals surface area contributed by atoms with E-state index < -0.39 is 14.9 Å². The van der Waals surface area contributed by atoms with Crippen LogP contribution in [0, 0.1) is 13.8 Å². The molecule has 0 bridgehead atoms. The maximum atomic E-state index is 7.86. The molecule has 0 aliphatic rings. The Bertz CT molecular complexity index is 700. The van der Waals surface area contributed by atoms with Gasteiger partial charge in [0.25, 0.3) is 0 Å². The van der Waals surface area contributed by atoms with Crippen molar-refractivity contribution in [2.45, 2.75) is 33.4 Å². The quantitative estimate of drug-likeness (QED) is 0.584. The molecule has 0 unspecified atom stereocenters. The number of rotatable bonds is 2. The smallest absolute Gasteiger partial charge is 0.199 e. The Morgan fingerprint density at radius 3 is 2.37 bits per heavy atom. The highest BCUT2D eigenvalue weighted by atomic mass is 28.3. The van der Waals surface area contributed by atoms with Crippen LogP contribution in [0.2, 0.25) is 19.6 Å². The Morgan fingerprint density at radius 2 is 1.79 bits per heavy atom. The maximum absolute atomic E-state index is 7.86. The highest BCUT2D eigenvalue weighted by Crippen LogP contribution is 2.20. The van der Waals surface area contributed by atoms with Crippen LogP contribution < -0.4 is 9.75 Å². The Kier molecular flexibility index (Phi) is 2.69. The van der Waals surface area contributed by atoms with E-state index in [-0.39, 0.29) is 0 Å². The van der Waals surface area contributed by atoms with Crippen molar-refractivity contribution in [3.05, 3.63) is 47.7 Å². The SMILES string of the molecule is [2H]C([2H])([2H])c1cc([Si](C)(C)C)cc(-c2ccccc2C)[n+]1C. The van der Waals surface area contributed by atoms with Crippen LogP contribution in [0.1, 0.15) is 15.4 Å². The van der Waals surface area contributed by atoms with Crippen molar-refractivity contribution in [1.82, 2.24) is 0 Å². The predicted octanol–water partition coefficient (Wildman–Crippen LogP) is 3.34. The summed E-state index contributed by atoms with van der Waals surface area (Å²) < 4.78 is 25.4. The third-order valence-electron chi connectivity index (χ3n) is 3.59. The summed E-state index contributed by atoms with van der Waals surface area (Å²) in [6.07, 6.45) is 0. The second-order valence-electron chi connectivity index (χ2n) is 6.14. The molecular weight excluding hydrogens is 246 g/mol. The van der Waals surface area contributed by atoms with Gasteiger partial charge in [-0.15, -0.1) is 0 Å². The van der Waals surface area contributed by atoms with Crippen molar-refractivity contribution in [2.24, 2.45) is 7.05 Å². The molecule has 0 aliphatic heterocycles. The van der Waals surface area contributed by atoms with Crippen molar-refractivity contribution in [1.29, 1.82) is 0 Å². The van der Waals surface area contributed by atoms with Gasteiger partial charge in [-0.25, -0.2) is 0 Å². The van der Waals surface area contributed by atoms with Crippen LogP contribution in [-0.2, 0) is 7.05 Å². The molecule has 0 atom stereocenters. The molecule has 1 aromatic carbocycles. The van der Waals surface area contributed by atoms with Crippen LogP contribution in [0.25, 0.3) is 11.3 Å². The summed E-state index contributed by atoms with van der Waals surface area (Å²) in [5.74, 6) is 0. The first-order valence-electron chi connectivity index (χ1n) is 8.13. The third-order valence-corrected chi connectivity index (χ3v) is 5.61. The third kappa shape index (κ3) is 2.79. The molecule has 2 heteroatoms. The lowest BCUT2D eigenvalue weighted by molar-refractivity contribution is -0.666. The maximum Gasteiger partial charge on any atom is 0.212 e. The largest absolute Gasteiger partial charge is 0.212 e. The van der Waals surface area contributed by atoms with E-state index in [4.69, 9.17) is 4.11 Å². The molecule has 0 saturated heterocycles. The van der Waals surface area contributed by atoms with Gasteiger partial charge in [0, 0.05) is 28.7 Å². The molecular formula is C17H24NSi+. The first kappa shape index (κ1) is 10.4. The summed E-state index contributed by atoms with van der Waals surface area (Å²) in [6.45, 7) is 6.68. The summed E-state index contributed by atoms with van der Waals surface area (Å²) in [5, 5.41) is 1.18. The fourth-order valence-corrected chi connectivity index (χ4v) is 3.35. The van der Waals surface area contributed by atoms with E-state index in [9.17, 15) is 0 Å². The standard InChI is InChI=1S/C17H24NSi/c1-13-9-7-8-10-16(13)17-12-15(19(4,5)6)11-14(2)18(17)3/h7-12H,1-6H3/q+1/i2D3. The number of aromatic nitrogens is 1. The average Bonchev–Trinajstić information content (AvgIpc) is 2.37. The summed E-state index contributed by atoms with van der Waals surface area (Å²) in [5.41, 5.74) is 3.63. The molecule has 1 nitrogen and oxygen atoms in total. The van der Waals surface area contributed by atoms with E-state index in [0.29, 0.717) is 5.69 Å². The van der Waals surface area contributed by atoms with E-state index in [1.54, 1.807) is 0 Å². The van der Waals surface area contributed by atoms with Gasteiger partial charge in [-0.3, -0.25) is 0 Å². The molecule has 0 radical (unpaired) electrons. The molecule has 0 fully saturated rings. The monoisotopic (exact) mass is 273 g/mol. The zero-order valence-corrected chi connectivity index (χ0v) is 13.4. The molecule has 100 valence electrons. The topological polar surface area (TPSA) is 3.88 Å². The van der Waals surface area contributed by atoms with Crippen molar-refractivity contribution < 1.29 is 8.68 Å². The Hall–Kier alpha value is -1.41. The van der Waals surface area contributed by atoms with Gasteiger partial charge >= 0.3 is 0 Å². The Balaban J connectivity index is 2.82. The summed E-state index contributed by atoms with van der Waals surface area (Å²) >= 11 is 0. The van der Waals surface area contributed by atoms with Crippen LogP contribution in [0.4, 0.5) is 0 Å². The fourth-order valence-electron chi connectivity index (χ4n) is 2.21. The van der Waals surface area contributed by atoms with E-state index in [1.807, 2.05) is 29.8 Å². The normalized spacial score (nSPS) is 14.7. The molecule has 2 aromatic rings. The van der Waals surface area contributed by atoms with Crippen molar-refractivity contribution in [2.75, 3.05) is 0 Å². The van der Waals surface area contributed by atoms with Crippen LogP contribution in [-0.4, -0.2) is 8.07 Å². The first-order valence-corrected chi connectivity index (χ1v) is 10.1. The van der Waals surface area contributed by atoms with Gasteiger partial charge < -0.3 is 0 Å². The number of hydrogen-bond acceptors (Lipinski definition) is 0. The molecule has 2 rings (SSSR count). The highest BCUT2D eigenvalue weighted by Gasteiger charge is 2.23. The fraction of sp³-hybridized carbons (Fsp3) is 0.353. The van der Waals surface area contributed by atoms with Gasteiger partial charge in [0.2, 0.25) is 5.69 Å². The molecule has 1 heterocycles. The van der Waals surface area contributed by atoms with Gasteiger partial charge in [0.05, 0.1) is 8.07 Å². The molecule has 0 amide bonds. The summed E-state index contributed by atoms with van der Waals surface area (Å²) in [6, 6.07) is 12.2. The second kappa shape index (κ2) is 4.93. The van der Waals surface area contributed by atoms with Crippen molar-refractivity contribution in [3.63, 3.8) is 0 Å². The molecule has 0 spiro atoms. The van der Waals surface area contributed by atoms with Gasteiger partial charge in [-0.2, -0.15) is 4.57 Å². The number of hydrogen-bond donors (Lipinski definition) is 0. The minimum absolute atomic E-state index is 0.408. The first-order chi connectivity index (χ1) is 10.0. The van der Waals surface area contributed by atoms with E-state index >= 15 is 0 Å². The zero-order chi connectivity index (χ0) is 16.7. The van der Waals surface area contributed by atoms with Crippen molar-refractivity contribution >= 4 is 13.3 Å². The average molecular weight is 273 g/mol. The molecule has 0 aliphatic carbocycles. The predicted molar refractivity (Wildman–Crippen MR) is 85.5 cm³/mol. The highest BCUT2D eigenvalue weighted by molar-refractivity contribution is 6.88. The van der Waals surface area contributed by atoms with E-state index in [1.165, 1.54) is 5.19 Å². The van der Waals surface area contributed by atoms with Gasteiger partial charge in [-0.05, 0) is 23.7 Å². The van der Waals surface area contributed by atoms with Crippen LogP contribution in [0.5, 0.6) is 0 Å². The number of nitrogens with zero attached hydrogens (tertiary/aromatic N) is 1. The van der Waals surface area contributed by atoms with Crippen LogP contribution in [0.15, 0.2) is 36.4 Å². The Labute approximate surface area is 122 Å². The molecule has 0 N–H and O–H groups in total. The van der Waals surface area contributed by atoms with E-state index in [0.717, 1.165) is 16.8 Å². The van der Waals surface area contributed by atoms with Crippen LogP contribution >= 0.6 is 0 Å². The van der Waals surface area contributed by atoms with E-state index in [2.05, 4.69) is 44.8 Å². The summed E-state index contributed by atoms with van der Waals surface area (Å²) in [4.78, 5) is 0. The van der Waals surface area contributed by atoms with Gasteiger partial charge in [0.1, 0.15) is 7.05 Å². The number of benzene rings is 1. The molecule has 19 heavy (non-hydrogen) atoms. The molecule has 0 saturated carbocycles. The van der Waals surface area contributed by atoms with Gasteiger partial charge in [-0.1, -0.05) is 37.8 Å². The van der Waals surface area contributed by atoms with Gasteiger partial charge in [0.15, 0.2) is 5.69 Å². The van der Waals surface area contributed by atoms with Crippen molar-refractivity contribution in [3.8, 4) is 11.3 Å². The Morgan fingerprint density at radius 1 is 1.11 bits per heavy atom. The zero-order valence-electron chi connectivity index (χ0n) is 15.4. The lowest BCUT2D eigenvalue weighted by Crippen LogP contribution is -2.44. The lowest BCUT2D eigenvalue weighted by Gasteiger charge is -2.18. The summed E-state index contributed by atoms with van der Waals surface area (Å²) in [7, 11) is 0.233.